The Hall–Kier alpha value is -0.0400. The number of benzene rings is 1. The smallest absolute Gasteiger partial charge is 0.210 e. The fourth-order valence-electron chi connectivity index (χ4n) is 2.11. The maximum Gasteiger partial charge on any atom is 0.240 e. The van der Waals surface area contributed by atoms with Crippen LogP contribution in [0.3, 0.4) is 0 Å². The van der Waals surface area contributed by atoms with Gasteiger partial charge < -0.3 is 0 Å². The van der Waals surface area contributed by atoms with Gasteiger partial charge in [-0.05, 0) is 43.2 Å². The standard InChI is InChI=1S/C13H18BrNO2S2/c1-10-5-6-11(14)8-13(10)19(16,17)15-9-12-4-2-3-7-18-12/h5-6,8,12,15H,2-4,7,9H2,1H3. The Labute approximate surface area is 127 Å². The van der Waals surface area contributed by atoms with Crippen molar-refractivity contribution in [1.82, 2.24) is 4.72 Å². The van der Waals surface area contributed by atoms with Crippen LogP contribution >= 0.6 is 27.7 Å². The summed E-state index contributed by atoms with van der Waals surface area (Å²) in [6, 6.07) is 5.32. The molecule has 1 heterocycles. The van der Waals surface area contributed by atoms with Crippen LogP contribution in [0.5, 0.6) is 0 Å². The molecule has 0 bridgehead atoms. The molecule has 1 unspecified atom stereocenters. The van der Waals surface area contributed by atoms with E-state index in [2.05, 4.69) is 20.7 Å². The molecule has 1 fully saturated rings. The molecule has 0 spiro atoms. The first-order valence-corrected chi connectivity index (χ1v) is 9.69. The van der Waals surface area contributed by atoms with Crippen LogP contribution in [0.1, 0.15) is 24.8 Å². The summed E-state index contributed by atoms with van der Waals surface area (Å²) in [7, 11) is -3.41. The number of sulfonamides is 1. The molecule has 19 heavy (non-hydrogen) atoms. The largest absolute Gasteiger partial charge is 0.240 e. The van der Waals surface area contributed by atoms with Crippen LogP contribution in [0.4, 0.5) is 0 Å². The van der Waals surface area contributed by atoms with E-state index in [9.17, 15) is 8.42 Å². The summed E-state index contributed by atoms with van der Waals surface area (Å²) in [5.41, 5.74) is 0.770. The third kappa shape index (κ3) is 4.21. The Morgan fingerprint density at radius 2 is 2.21 bits per heavy atom. The molecule has 3 nitrogen and oxygen atoms in total. The summed E-state index contributed by atoms with van der Waals surface area (Å²) in [6.07, 6.45) is 3.55. The molecular formula is C13H18BrNO2S2. The quantitative estimate of drug-likeness (QED) is 0.892. The molecule has 1 N–H and O–H groups in total. The first-order chi connectivity index (χ1) is 8.99. The van der Waals surface area contributed by atoms with Gasteiger partial charge in [-0.1, -0.05) is 28.4 Å². The van der Waals surface area contributed by atoms with Gasteiger partial charge in [-0.25, -0.2) is 13.1 Å². The lowest BCUT2D eigenvalue weighted by atomic mass is 10.2. The average molecular weight is 364 g/mol. The molecule has 2 rings (SSSR count). The van der Waals surface area contributed by atoms with E-state index in [1.165, 1.54) is 12.8 Å². The van der Waals surface area contributed by atoms with Gasteiger partial charge in [0, 0.05) is 16.3 Å². The van der Waals surface area contributed by atoms with Crippen molar-refractivity contribution in [3.8, 4) is 0 Å². The Kier molecular flexibility index (Phi) is 5.34. The van der Waals surface area contributed by atoms with Gasteiger partial charge in [-0.3, -0.25) is 0 Å². The van der Waals surface area contributed by atoms with Crippen molar-refractivity contribution in [3.63, 3.8) is 0 Å². The molecule has 0 aliphatic carbocycles. The fourth-order valence-corrected chi connectivity index (χ4v) is 5.32. The SMILES string of the molecule is Cc1ccc(Br)cc1S(=O)(=O)NCC1CCCCS1. The number of hydrogen-bond donors (Lipinski definition) is 1. The number of rotatable bonds is 4. The van der Waals surface area contributed by atoms with E-state index < -0.39 is 10.0 Å². The minimum absolute atomic E-state index is 0.364. The molecule has 0 amide bonds. The van der Waals surface area contributed by atoms with Crippen molar-refractivity contribution >= 4 is 37.7 Å². The molecule has 0 radical (unpaired) electrons. The zero-order chi connectivity index (χ0) is 13.9. The van der Waals surface area contributed by atoms with Crippen molar-refractivity contribution in [3.05, 3.63) is 28.2 Å². The lowest BCUT2D eigenvalue weighted by molar-refractivity contribution is 0.573. The minimum atomic E-state index is -3.41. The van der Waals surface area contributed by atoms with E-state index in [0.717, 1.165) is 22.2 Å². The van der Waals surface area contributed by atoms with E-state index >= 15 is 0 Å². The Balaban J connectivity index is 2.07. The Bertz CT molecular complexity index is 540. The van der Waals surface area contributed by atoms with Crippen LogP contribution in [0.15, 0.2) is 27.6 Å². The lowest BCUT2D eigenvalue weighted by Gasteiger charge is -2.21. The normalized spacial score (nSPS) is 20.4. The second-order valence-corrected chi connectivity index (χ2v) is 8.81. The summed E-state index contributed by atoms with van der Waals surface area (Å²) in [5, 5.41) is 0.413. The maximum atomic E-state index is 12.3. The third-order valence-electron chi connectivity index (χ3n) is 3.21. The summed E-state index contributed by atoms with van der Waals surface area (Å²) in [4.78, 5) is 0.364. The number of nitrogens with one attached hydrogen (secondary N) is 1. The Morgan fingerprint density at radius 1 is 1.42 bits per heavy atom. The van der Waals surface area contributed by atoms with Gasteiger partial charge in [-0.2, -0.15) is 11.8 Å². The summed E-state index contributed by atoms with van der Waals surface area (Å²) in [5.74, 6) is 1.14. The second-order valence-electron chi connectivity index (χ2n) is 4.75. The molecule has 1 aromatic rings. The van der Waals surface area contributed by atoms with E-state index in [4.69, 9.17) is 0 Å². The number of thioether (sulfide) groups is 1. The maximum absolute atomic E-state index is 12.3. The zero-order valence-electron chi connectivity index (χ0n) is 10.9. The lowest BCUT2D eigenvalue weighted by Crippen LogP contribution is -2.32. The minimum Gasteiger partial charge on any atom is -0.210 e. The topological polar surface area (TPSA) is 46.2 Å². The molecule has 0 aromatic heterocycles. The molecule has 6 heteroatoms. The van der Waals surface area contributed by atoms with E-state index in [1.807, 2.05) is 30.8 Å². The number of hydrogen-bond acceptors (Lipinski definition) is 3. The molecule has 1 aliphatic heterocycles. The van der Waals surface area contributed by atoms with Crippen LogP contribution in [-0.4, -0.2) is 26.0 Å². The highest BCUT2D eigenvalue weighted by Gasteiger charge is 2.20. The first kappa shape index (κ1) is 15.4. The molecular weight excluding hydrogens is 346 g/mol. The van der Waals surface area contributed by atoms with Crippen molar-refractivity contribution in [2.24, 2.45) is 0 Å². The summed E-state index contributed by atoms with van der Waals surface area (Å²) >= 11 is 5.19. The molecule has 1 aliphatic rings. The van der Waals surface area contributed by atoms with E-state index in [1.54, 1.807) is 6.07 Å². The van der Waals surface area contributed by atoms with Crippen molar-refractivity contribution in [2.75, 3.05) is 12.3 Å². The van der Waals surface area contributed by atoms with Gasteiger partial charge in [0.15, 0.2) is 0 Å². The second kappa shape index (κ2) is 6.61. The molecule has 0 saturated carbocycles. The summed E-state index contributed by atoms with van der Waals surface area (Å²) < 4.78 is 28.1. The summed E-state index contributed by atoms with van der Waals surface area (Å²) in [6.45, 7) is 2.34. The highest BCUT2D eigenvalue weighted by atomic mass is 79.9. The average Bonchev–Trinajstić information content (AvgIpc) is 2.40. The van der Waals surface area contributed by atoms with Crippen molar-refractivity contribution in [1.29, 1.82) is 0 Å². The highest BCUT2D eigenvalue weighted by molar-refractivity contribution is 9.10. The van der Waals surface area contributed by atoms with Crippen molar-refractivity contribution < 1.29 is 8.42 Å². The van der Waals surface area contributed by atoms with Crippen LogP contribution in [0, 0.1) is 6.92 Å². The number of halogens is 1. The fraction of sp³-hybridized carbons (Fsp3) is 0.538. The van der Waals surface area contributed by atoms with Gasteiger partial charge in [0.2, 0.25) is 10.0 Å². The van der Waals surface area contributed by atoms with Crippen molar-refractivity contribution in [2.45, 2.75) is 36.3 Å². The van der Waals surface area contributed by atoms with Gasteiger partial charge in [-0.15, -0.1) is 0 Å². The molecule has 1 aromatic carbocycles. The van der Waals surface area contributed by atoms with Crippen LogP contribution in [0.25, 0.3) is 0 Å². The van der Waals surface area contributed by atoms with Crippen LogP contribution in [-0.2, 0) is 10.0 Å². The van der Waals surface area contributed by atoms with Crippen LogP contribution < -0.4 is 4.72 Å². The molecule has 106 valence electrons. The van der Waals surface area contributed by atoms with Gasteiger partial charge >= 0.3 is 0 Å². The monoisotopic (exact) mass is 363 g/mol. The third-order valence-corrected chi connectivity index (χ3v) is 6.67. The van der Waals surface area contributed by atoms with Gasteiger partial charge in [0.05, 0.1) is 4.90 Å². The van der Waals surface area contributed by atoms with E-state index in [0.29, 0.717) is 16.7 Å². The van der Waals surface area contributed by atoms with E-state index in [-0.39, 0.29) is 0 Å². The number of aryl methyl sites for hydroxylation is 1. The van der Waals surface area contributed by atoms with Gasteiger partial charge in [0.1, 0.15) is 0 Å². The van der Waals surface area contributed by atoms with Crippen LogP contribution in [0.2, 0.25) is 0 Å². The predicted octanol–water partition coefficient (Wildman–Crippen LogP) is 3.32. The Morgan fingerprint density at radius 3 is 2.89 bits per heavy atom. The molecule has 1 atom stereocenters. The van der Waals surface area contributed by atoms with Gasteiger partial charge in [0.25, 0.3) is 0 Å². The first-order valence-electron chi connectivity index (χ1n) is 6.36. The highest BCUT2D eigenvalue weighted by Crippen LogP contribution is 2.25. The predicted molar refractivity (Wildman–Crippen MR) is 84.2 cm³/mol. The molecule has 1 saturated heterocycles. The zero-order valence-corrected chi connectivity index (χ0v) is 14.1.